The van der Waals surface area contributed by atoms with E-state index in [9.17, 15) is 15.0 Å². The summed E-state index contributed by atoms with van der Waals surface area (Å²) in [5.74, 6) is 0.875. The molecule has 2 aliphatic heterocycles. The first kappa shape index (κ1) is 16.5. The number of aliphatic hydroxyl groups is 2. The van der Waals surface area contributed by atoms with Gasteiger partial charge in [-0.3, -0.25) is 4.79 Å². The highest BCUT2D eigenvalue weighted by Gasteiger charge is 2.51. The number of carbonyl (C=O) groups is 1. The van der Waals surface area contributed by atoms with Gasteiger partial charge in [0, 0.05) is 37.4 Å². The van der Waals surface area contributed by atoms with Crippen molar-refractivity contribution >= 4 is 16.9 Å². The lowest BCUT2D eigenvalue weighted by Crippen LogP contribution is -2.36. The molecule has 4 rings (SSSR count). The van der Waals surface area contributed by atoms with E-state index >= 15 is 0 Å². The average molecular weight is 345 g/mol. The number of nitrogens with zero attached hydrogens (tertiary/aromatic N) is 3. The summed E-state index contributed by atoms with van der Waals surface area (Å²) in [5, 5.41) is 19.3. The Morgan fingerprint density at radius 1 is 1.36 bits per heavy atom. The quantitative estimate of drug-likeness (QED) is 0.818. The molecule has 2 aromatic rings. The van der Waals surface area contributed by atoms with Crippen molar-refractivity contribution in [2.75, 3.05) is 32.9 Å². The predicted molar refractivity (Wildman–Crippen MR) is 90.7 cm³/mol. The van der Waals surface area contributed by atoms with Crippen LogP contribution in [-0.4, -0.2) is 63.5 Å². The second-order valence-electron chi connectivity index (χ2n) is 7.08. The number of rotatable bonds is 5. The zero-order chi connectivity index (χ0) is 17.4. The summed E-state index contributed by atoms with van der Waals surface area (Å²) in [6.07, 6.45) is 0.350. The minimum absolute atomic E-state index is 0.0578. The van der Waals surface area contributed by atoms with E-state index in [1.807, 2.05) is 33.7 Å². The van der Waals surface area contributed by atoms with Crippen molar-refractivity contribution in [2.24, 2.45) is 11.3 Å². The molecule has 1 amide bonds. The van der Waals surface area contributed by atoms with Gasteiger partial charge in [0.1, 0.15) is 12.4 Å². The van der Waals surface area contributed by atoms with Gasteiger partial charge in [-0.05, 0) is 12.1 Å². The Morgan fingerprint density at radius 3 is 2.96 bits per heavy atom. The fourth-order valence-corrected chi connectivity index (χ4v) is 4.11. The number of aryl methyl sites for hydroxylation is 1. The van der Waals surface area contributed by atoms with E-state index in [4.69, 9.17) is 4.74 Å². The van der Waals surface area contributed by atoms with Crippen LogP contribution in [0.3, 0.4) is 0 Å². The lowest BCUT2D eigenvalue weighted by molar-refractivity contribution is -0.131. The zero-order valence-corrected chi connectivity index (χ0v) is 14.1. The maximum Gasteiger partial charge on any atom is 0.224 e. The lowest BCUT2D eigenvalue weighted by Gasteiger charge is -2.24. The van der Waals surface area contributed by atoms with Gasteiger partial charge in [0.25, 0.3) is 0 Å². The van der Waals surface area contributed by atoms with Crippen LogP contribution in [0.15, 0.2) is 24.3 Å². The van der Waals surface area contributed by atoms with E-state index in [1.54, 1.807) is 0 Å². The van der Waals surface area contributed by atoms with E-state index < -0.39 is 0 Å². The molecule has 1 aromatic heterocycles. The van der Waals surface area contributed by atoms with Gasteiger partial charge in [0.15, 0.2) is 0 Å². The molecule has 0 saturated carbocycles. The van der Waals surface area contributed by atoms with E-state index in [0.717, 1.165) is 11.0 Å². The molecule has 0 aliphatic carbocycles. The molecule has 7 nitrogen and oxygen atoms in total. The SMILES string of the molecule is O=C(CCn1c(CO)nc2ccccc21)N1C[C@H]2COC[C@@]2(CO)C1. The summed E-state index contributed by atoms with van der Waals surface area (Å²) in [5.41, 5.74) is 1.47. The fourth-order valence-electron chi connectivity index (χ4n) is 4.11. The lowest BCUT2D eigenvalue weighted by atomic mass is 9.82. The number of carbonyl (C=O) groups excluding carboxylic acids is 1. The normalized spacial score (nSPS) is 25.7. The van der Waals surface area contributed by atoms with Crippen molar-refractivity contribution in [1.29, 1.82) is 0 Å². The van der Waals surface area contributed by atoms with E-state index in [-0.39, 0.29) is 30.5 Å². The van der Waals surface area contributed by atoms with Gasteiger partial charge in [-0.1, -0.05) is 12.1 Å². The Bertz CT molecular complexity index is 790. The number of aliphatic hydroxyl groups excluding tert-OH is 2. The van der Waals surface area contributed by atoms with Gasteiger partial charge in [-0.15, -0.1) is 0 Å². The summed E-state index contributed by atoms with van der Waals surface area (Å²) in [6.45, 7) is 2.74. The number of hydrogen-bond donors (Lipinski definition) is 2. The first-order chi connectivity index (χ1) is 12.2. The van der Waals surface area contributed by atoms with Crippen LogP contribution in [0.1, 0.15) is 12.2 Å². The Morgan fingerprint density at radius 2 is 2.20 bits per heavy atom. The molecule has 134 valence electrons. The Balaban J connectivity index is 1.46. The van der Waals surface area contributed by atoms with E-state index in [0.29, 0.717) is 45.1 Å². The summed E-state index contributed by atoms with van der Waals surface area (Å²) in [4.78, 5) is 18.9. The van der Waals surface area contributed by atoms with Crippen LogP contribution in [-0.2, 0) is 22.7 Å². The van der Waals surface area contributed by atoms with Crippen LogP contribution in [0.25, 0.3) is 11.0 Å². The number of benzene rings is 1. The van der Waals surface area contributed by atoms with Crippen molar-refractivity contribution in [1.82, 2.24) is 14.5 Å². The molecule has 0 radical (unpaired) electrons. The predicted octanol–water partition coefficient (Wildman–Crippen LogP) is 0.386. The van der Waals surface area contributed by atoms with Gasteiger partial charge in [0.05, 0.1) is 30.9 Å². The van der Waals surface area contributed by atoms with Crippen molar-refractivity contribution in [2.45, 2.75) is 19.6 Å². The minimum atomic E-state index is -0.284. The van der Waals surface area contributed by atoms with E-state index in [1.165, 1.54) is 0 Å². The van der Waals surface area contributed by atoms with Gasteiger partial charge >= 0.3 is 0 Å². The molecule has 2 fully saturated rings. The molecule has 0 spiro atoms. The Kier molecular flexibility index (Phi) is 4.23. The number of fused-ring (bicyclic) bond motifs is 2. The molecule has 7 heteroatoms. The number of hydrogen-bond acceptors (Lipinski definition) is 5. The summed E-state index contributed by atoms with van der Waals surface area (Å²) < 4.78 is 7.40. The summed E-state index contributed by atoms with van der Waals surface area (Å²) >= 11 is 0. The largest absolute Gasteiger partial charge is 0.396 e. The molecule has 25 heavy (non-hydrogen) atoms. The molecule has 2 N–H and O–H groups in total. The van der Waals surface area contributed by atoms with Crippen LogP contribution in [0.2, 0.25) is 0 Å². The molecule has 2 aliphatic rings. The second-order valence-corrected chi connectivity index (χ2v) is 7.08. The van der Waals surface area contributed by atoms with Crippen molar-refractivity contribution < 1.29 is 19.7 Å². The zero-order valence-electron chi connectivity index (χ0n) is 14.1. The van der Waals surface area contributed by atoms with Crippen molar-refractivity contribution in [3.8, 4) is 0 Å². The molecule has 2 atom stereocenters. The van der Waals surface area contributed by atoms with Crippen LogP contribution in [0, 0.1) is 11.3 Å². The molecule has 0 unspecified atom stereocenters. The number of amides is 1. The molecule has 2 saturated heterocycles. The summed E-state index contributed by atoms with van der Waals surface area (Å²) in [7, 11) is 0. The number of ether oxygens (including phenoxy) is 1. The molecule has 1 aromatic carbocycles. The van der Waals surface area contributed by atoms with Crippen molar-refractivity contribution in [3.05, 3.63) is 30.1 Å². The molecular formula is C18H23N3O4. The molecule has 0 bridgehead atoms. The monoisotopic (exact) mass is 345 g/mol. The Hall–Kier alpha value is -1.96. The smallest absolute Gasteiger partial charge is 0.224 e. The van der Waals surface area contributed by atoms with Gasteiger partial charge in [0.2, 0.25) is 5.91 Å². The maximum absolute atomic E-state index is 12.7. The highest BCUT2D eigenvalue weighted by molar-refractivity contribution is 5.78. The number of para-hydroxylation sites is 2. The van der Waals surface area contributed by atoms with Crippen LogP contribution >= 0.6 is 0 Å². The minimum Gasteiger partial charge on any atom is -0.396 e. The molecule has 3 heterocycles. The van der Waals surface area contributed by atoms with E-state index in [2.05, 4.69) is 4.98 Å². The third-order valence-corrected chi connectivity index (χ3v) is 5.61. The highest BCUT2D eigenvalue weighted by atomic mass is 16.5. The number of imidazole rings is 1. The third-order valence-electron chi connectivity index (χ3n) is 5.61. The van der Waals surface area contributed by atoms with Gasteiger partial charge in [-0.2, -0.15) is 0 Å². The van der Waals surface area contributed by atoms with Gasteiger partial charge < -0.3 is 24.4 Å². The molecular weight excluding hydrogens is 322 g/mol. The average Bonchev–Trinajstić information content (AvgIpc) is 3.29. The number of aromatic nitrogens is 2. The topological polar surface area (TPSA) is 87.8 Å². The standard InChI is InChI=1S/C18H23N3O4/c22-8-16-19-14-3-1-2-4-15(14)21(16)6-5-17(24)20-7-13-9-25-12-18(13,10-20)11-23/h1-4,13,22-23H,5-12H2/t13-,18-/m0/s1. The van der Waals surface area contributed by atoms with Crippen LogP contribution in [0.4, 0.5) is 0 Å². The van der Waals surface area contributed by atoms with Crippen LogP contribution in [0.5, 0.6) is 0 Å². The first-order valence-electron chi connectivity index (χ1n) is 8.68. The van der Waals surface area contributed by atoms with Crippen LogP contribution < -0.4 is 0 Å². The Labute approximate surface area is 145 Å². The summed E-state index contributed by atoms with van der Waals surface area (Å²) in [6, 6.07) is 7.69. The number of likely N-dealkylation sites (tertiary alicyclic amines) is 1. The fraction of sp³-hybridized carbons (Fsp3) is 0.556. The third kappa shape index (κ3) is 2.72. The van der Waals surface area contributed by atoms with Gasteiger partial charge in [-0.25, -0.2) is 4.98 Å². The maximum atomic E-state index is 12.7. The first-order valence-corrected chi connectivity index (χ1v) is 8.68. The van der Waals surface area contributed by atoms with Crippen molar-refractivity contribution in [3.63, 3.8) is 0 Å². The highest BCUT2D eigenvalue weighted by Crippen LogP contribution is 2.41. The second kappa shape index (κ2) is 6.40.